The molecule has 0 spiro atoms. The van der Waals surface area contributed by atoms with Gasteiger partial charge in [-0.2, -0.15) is 0 Å². The molecule has 0 atom stereocenters. The minimum atomic E-state index is -0.158. The van der Waals surface area contributed by atoms with E-state index in [2.05, 4.69) is 40.3 Å². The summed E-state index contributed by atoms with van der Waals surface area (Å²) in [5.41, 5.74) is 4.82. The van der Waals surface area contributed by atoms with Crippen molar-refractivity contribution in [3.05, 3.63) is 59.2 Å². The van der Waals surface area contributed by atoms with Gasteiger partial charge in [-0.15, -0.1) is 0 Å². The molecule has 1 heterocycles. The Labute approximate surface area is 179 Å². The first kappa shape index (κ1) is 21.8. The van der Waals surface area contributed by atoms with Gasteiger partial charge in [0.25, 0.3) is 5.91 Å². The van der Waals surface area contributed by atoms with Crippen LogP contribution in [0.4, 0.5) is 11.4 Å². The summed E-state index contributed by atoms with van der Waals surface area (Å²) in [4.78, 5) is 29.3. The molecule has 2 N–H and O–H groups in total. The molecule has 1 saturated heterocycles. The largest absolute Gasteiger partial charge is 0.369 e. The van der Waals surface area contributed by atoms with Gasteiger partial charge in [0.05, 0.1) is 0 Å². The number of carbonyl (C=O) groups excluding carboxylic acids is 2. The topological polar surface area (TPSA) is 64.7 Å². The summed E-state index contributed by atoms with van der Waals surface area (Å²) >= 11 is 0. The van der Waals surface area contributed by atoms with E-state index >= 15 is 0 Å². The van der Waals surface area contributed by atoms with Gasteiger partial charge in [-0.25, -0.2) is 0 Å². The number of hydrogen-bond acceptors (Lipinski definition) is 4. The Kier molecular flexibility index (Phi) is 7.46. The van der Waals surface area contributed by atoms with Gasteiger partial charge in [0.1, 0.15) is 0 Å². The molecule has 30 heavy (non-hydrogen) atoms. The van der Waals surface area contributed by atoms with Crippen molar-refractivity contribution in [1.82, 2.24) is 10.2 Å². The fourth-order valence-electron chi connectivity index (χ4n) is 3.79. The minimum Gasteiger partial charge on any atom is -0.369 e. The molecule has 0 radical (unpaired) electrons. The number of carbonyl (C=O) groups is 2. The Bertz CT molecular complexity index is 889. The van der Waals surface area contributed by atoms with Crippen LogP contribution in [-0.4, -0.2) is 56.0 Å². The van der Waals surface area contributed by atoms with Crippen molar-refractivity contribution in [1.29, 1.82) is 0 Å². The van der Waals surface area contributed by atoms with Gasteiger partial charge >= 0.3 is 0 Å². The third-order valence-electron chi connectivity index (χ3n) is 5.56. The van der Waals surface area contributed by atoms with Crippen molar-refractivity contribution in [2.45, 2.75) is 27.2 Å². The molecule has 2 aromatic carbocycles. The highest BCUT2D eigenvalue weighted by Gasteiger charge is 2.17. The normalized spacial score (nSPS) is 14.4. The number of likely N-dealkylation sites (N-methyl/N-ethyl adjacent to an activating group) is 1. The predicted octanol–water partition coefficient (Wildman–Crippen LogP) is 3.20. The number of nitrogens with one attached hydrogen (secondary N) is 2. The van der Waals surface area contributed by atoms with Crippen LogP contribution < -0.4 is 15.5 Å². The Morgan fingerprint density at radius 1 is 1.00 bits per heavy atom. The summed E-state index contributed by atoms with van der Waals surface area (Å²) < 4.78 is 0. The van der Waals surface area contributed by atoms with Crippen LogP contribution in [0.3, 0.4) is 0 Å². The first-order valence-electron chi connectivity index (χ1n) is 10.7. The number of aryl methyl sites for hydroxylation is 2. The SMILES string of the molecule is CCN1CCN(c2ccc(NC(=O)CCNC(=O)c3cccc(C)c3)cc2C)CC1. The summed E-state index contributed by atoms with van der Waals surface area (Å²) in [6, 6.07) is 13.5. The highest BCUT2D eigenvalue weighted by Crippen LogP contribution is 2.24. The van der Waals surface area contributed by atoms with Gasteiger partial charge in [-0.05, 0) is 56.3 Å². The lowest BCUT2D eigenvalue weighted by molar-refractivity contribution is -0.116. The molecular formula is C24H32N4O2. The standard InChI is InChI=1S/C24H32N4O2/c1-4-27-12-14-28(15-13-27)22-9-8-21(17-19(22)3)26-23(29)10-11-25-24(30)20-7-5-6-18(2)16-20/h5-9,16-17H,4,10-15H2,1-3H3,(H,25,30)(H,26,29). The van der Waals surface area contributed by atoms with Crippen molar-refractivity contribution < 1.29 is 9.59 Å². The number of anilines is 2. The fraction of sp³-hybridized carbons (Fsp3) is 0.417. The van der Waals surface area contributed by atoms with Gasteiger partial charge < -0.3 is 20.4 Å². The average molecular weight is 409 g/mol. The van der Waals surface area contributed by atoms with Gasteiger partial charge in [-0.3, -0.25) is 9.59 Å². The molecule has 0 bridgehead atoms. The predicted molar refractivity (Wildman–Crippen MR) is 122 cm³/mol. The third-order valence-corrected chi connectivity index (χ3v) is 5.56. The van der Waals surface area contributed by atoms with Crippen LogP contribution in [0, 0.1) is 13.8 Å². The number of benzene rings is 2. The van der Waals surface area contributed by atoms with Gasteiger partial charge in [0.2, 0.25) is 5.91 Å². The van der Waals surface area contributed by atoms with Crippen molar-refractivity contribution in [2.24, 2.45) is 0 Å². The highest BCUT2D eigenvalue weighted by atomic mass is 16.2. The molecule has 0 saturated carbocycles. The van der Waals surface area contributed by atoms with Crippen molar-refractivity contribution >= 4 is 23.2 Å². The highest BCUT2D eigenvalue weighted by molar-refractivity contribution is 5.95. The summed E-state index contributed by atoms with van der Waals surface area (Å²) in [7, 11) is 0. The second-order valence-corrected chi connectivity index (χ2v) is 7.85. The van der Waals surface area contributed by atoms with Crippen LogP contribution in [0.15, 0.2) is 42.5 Å². The molecule has 160 valence electrons. The van der Waals surface area contributed by atoms with Crippen LogP contribution >= 0.6 is 0 Å². The lowest BCUT2D eigenvalue weighted by Crippen LogP contribution is -2.46. The second-order valence-electron chi connectivity index (χ2n) is 7.85. The second kappa shape index (κ2) is 10.3. The van der Waals surface area contributed by atoms with E-state index in [1.54, 1.807) is 6.07 Å². The molecule has 0 aliphatic carbocycles. The first-order chi connectivity index (χ1) is 14.5. The van der Waals surface area contributed by atoms with Crippen LogP contribution in [0.1, 0.15) is 34.8 Å². The maximum absolute atomic E-state index is 12.3. The Balaban J connectivity index is 1.47. The van der Waals surface area contributed by atoms with E-state index in [1.807, 2.05) is 37.3 Å². The van der Waals surface area contributed by atoms with E-state index < -0.39 is 0 Å². The molecule has 1 fully saturated rings. The minimum absolute atomic E-state index is 0.108. The van der Waals surface area contributed by atoms with Crippen LogP contribution in [0.25, 0.3) is 0 Å². The fourth-order valence-corrected chi connectivity index (χ4v) is 3.79. The van der Waals surface area contributed by atoms with E-state index in [9.17, 15) is 9.59 Å². The number of amides is 2. The summed E-state index contributed by atoms with van der Waals surface area (Å²) in [5, 5.41) is 5.74. The van der Waals surface area contributed by atoms with Crippen LogP contribution in [0.5, 0.6) is 0 Å². The van der Waals surface area contributed by atoms with Gasteiger partial charge in [0, 0.05) is 56.1 Å². The molecule has 0 aromatic heterocycles. The molecule has 1 aliphatic heterocycles. The van der Waals surface area contributed by atoms with E-state index in [0.717, 1.165) is 49.5 Å². The van der Waals surface area contributed by atoms with E-state index in [-0.39, 0.29) is 18.2 Å². The molecule has 0 unspecified atom stereocenters. The maximum Gasteiger partial charge on any atom is 0.251 e. The molecule has 2 aromatic rings. The van der Waals surface area contributed by atoms with Gasteiger partial charge in [0.15, 0.2) is 0 Å². The molecule has 6 nitrogen and oxygen atoms in total. The third kappa shape index (κ3) is 5.83. The lowest BCUT2D eigenvalue weighted by Gasteiger charge is -2.36. The van der Waals surface area contributed by atoms with Crippen molar-refractivity contribution in [3.8, 4) is 0 Å². The Morgan fingerprint density at radius 3 is 2.43 bits per heavy atom. The molecule has 3 rings (SSSR count). The number of piperazine rings is 1. The first-order valence-corrected chi connectivity index (χ1v) is 10.7. The quantitative estimate of drug-likeness (QED) is 0.738. The Morgan fingerprint density at radius 2 is 1.77 bits per heavy atom. The lowest BCUT2D eigenvalue weighted by atomic mass is 10.1. The number of rotatable bonds is 7. The molecular weight excluding hydrogens is 376 g/mol. The smallest absolute Gasteiger partial charge is 0.251 e. The zero-order valence-corrected chi connectivity index (χ0v) is 18.2. The zero-order valence-electron chi connectivity index (χ0n) is 18.2. The number of hydrogen-bond donors (Lipinski definition) is 2. The van der Waals surface area contributed by atoms with Crippen LogP contribution in [0.2, 0.25) is 0 Å². The van der Waals surface area contributed by atoms with Crippen molar-refractivity contribution in [3.63, 3.8) is 0 Å². The molecule has 2 amide bonds. The monoisotopic (exact) mass is 408 g/mol. The zero-order chi connectivity index (χ0) is 21.5. The number of nitrogens with zero attached hydrogens (tertiary/aromatic N) is 2. The maximum atomic E-state index is 12.3. The average Bonchev–Trinajstić information content (AvgIpc) is 2.74. The summed E-state index contributed by atoms with van der Waals surface area (Å²) in [6.07, 6.45) is 0.233. The van der Waals surface area contributed by atoms with E-state index in [1.165, 1.54) is 5.69 Å². The Hall–Kier alpha value is -2.86. The van der Waals surface area contributed by atoms with Crippen LogP contribution in [-0.2, 0) is 4.79 Å². The van der Waals surface area contributed by atoms with E-state index in [0.29, 0.717) is 12.1 Å². The van der Waals surface area contributed by atoms with Crippen molar-refractivity contribution in [2.75, 3.05) is 49.5 Å². The molecule has 1 aliphatic rings. The molecule has 6 heteroatoms. The summed E-state index contributed by atoms with van der Waals surface area (Å²) in [6.45, 7) is 11.9. The van der Waals surface area contributed by atoms with Gasteiger partial charge in [-0.1, -0.05) is 24.6 Å². The summed E-state index contributed by atoms with van der Waals surface area (Å²) in [5.74, 6) is -0.266. The van der Waals surface area contributed by atoms with E-state index in [4.69, 9.17) is 0 Å².